The summed E-state index contributed by atoms with van der Waals surface area (Å²) in [6, 6.07) is 10.3. The van der Waals surface area contributed by atoms with Crippen molar-refractivity contribution in [3.8, 4) is 16.3 Å². The summed E-state index contributed by atoms with van der Waals surface area (Å²) in [6.07, 6.45) is 5.69. The number of pyridine rings is 1. The maximum atomic E-state index is 14.1. The van der Waals surface area contributed by atoms with E-state index in [0.29, 0.717) is 17.1 Å². The molecule has 2 aromatic heterocycles. The molecule has 1 aromatic carbocycles. The second-order valence-corrected chi connectivity index (χ2v) is 7.28. The number of nitrogen functional groups attached to an aromatic ring is 1. The average molecular weight is 396 g/mol. The first-order valence-electron chi connectivity index (χ1n) is 9.01. The Kier molecular flexibility index (Phi) is 6.21. The molecule has 3 rings (SSSR count). The summed E-state index contributed by atoms with van der Waals surface area (Å²) in [5.74, 6) is -0.141. The van der Waals surface area contributed by atoms with E-state index in [0.717, 1.165) is 28.3 Å². The zero-order chi connectivity index (χ0) is 20.1. The lowest BCUT2D eigenvalue weighted by Crippen LogP contribution is -1.95. The second kappa shape index (κ2) is 8.80. The summed E-state index contributed by atoms with van der Waals surface area (Å²) in [5, 5.41) is 0. The normalized spacial score (nSPS) is 11.1. The van der Waals surface area contributed by atoms with E-state index in [9.17, 15) is 4.39 Å². The number of halogens is 1. The van der Waals surface area contributed by atoms with Crippen molar-refractivity contribution >= 4 is 34.7 Å². The van der Waals surface area contributed by atoms with Gasteiger partial charge in [0.1, 0.15) is 5.76 Å². The van der Waals surface area contributed by atoms with Crippen molar-refractivity contribution in [2.45, 2.75) is 26.7 Å². The summed E-state index contributed by atoms with van der Waals surface area (Å²) < 4.78 is 19.7. The Labute approximate surface area is 168 Å². The van der Waals surface area contributed by atoms with E-state index in [1.54, 1.807) is 12.3 Å². The number of anilines is 1. The summed E-state index contributed by atoms with van der Waals surface area (Å²) in [5.41, 5.74) is 8.70. The fraction of sp³-hybridized carbons (Fsp3) is 0.182. The van der Waals surface area contributed by atoms with Crippen LogP contribution in [0.2, 0.25) is 0 Å². The van der Waals surface area contributed by atoms with E-state index in [-0.39, 0.29) is 5.75 Å². The lowest BCUT2D eigenvalue weighted by atomic mass is 10.1. The highest BCUT2D eigenvalue weighted by atomic mass is 32.1. The van der Waals surface area contributed by atoms with E-state index >= 15 is 0 Å². The first-order valence-corrected chi connectivity index (χ1v) is 9.83. The molecule has 0 radical (unpaired) electrons. The highest BCUT2D eigenvalue weighted by Gasteiger charge is 2.16. The van der Waals surface area contributed by atoms with E-state index in [1.807, 2.05) is 25.3 Å². The van der Waals surface area contributed by atoms with Gasteiger partial charge in [0.05, 0.1) is 21.1 Å². The van der Waals surface area contributed by atoms with Crippen molar-refractivity contribution in [3.05, 3.63) is 65.4 Å². The van der Waals surface area contributed by atoms with Crippen molar-refractivity contribution < 1.29 is 9.13 Å². The number of hydrogen-bond donors (Lipinski definition) is 1. The summed E-state index contributed by atoms with van der Waals surface area (Å²) in [7, 11) is 0. The minimum absolute atomic E-state index is 0.0719. The van der Waals surface area contributed by atoms with Crippen molar-refractivity contribution in [1.29, 1.82) is 0 Å². The number of ether oxygens (including phenoxy) is 1. The minimum Gasteiger partial charge on any atom is -0.453 e. The van der Waals surface area contributed by atoms with Gasteiger partial charge in [-0.3, -0.25) is 9.98 Å². The van der Waals surface area contributed by atoms with Crippen molar-refractivity contribution in [2.75, 3.05) is 5.73 Å². The van der Waals surface area contributed by atoms with Gasteiger partial charge in [-0.2, -0.15) is 0 Å². The van der Waals surface area contributed by atoms with E-state index in [2.05, 4.69) is 29.5 Å². The third-order valence-corrected chi connectivity index (χ3v) is 5.23. The quantitative estimate of drug-likeness (QED) is 0.292. The van der Waals surface area contributed by atoms with Gasteiger partial charge in [0, 0.05) is 24.2 Å². The zero-order valence-electron chi connectivity index (χ0n) is 15.9. The third kappa shape index (κ3) is 4.46. The Morgan fingerprint density at radius 1 is 1.32 bits per heavy atom. The van der Waals surface area contributed by atoms with Gasteiger partial charge in [-0.15, -0.1) is 11.3 Å². The summed E-state index contributed by atoms with van der Waals surface area (Å²) in [6.45, 7) is 7.95. The Balaban J connectivity index is 1.90. The predicted molar refractivity (Wildman–Crippen MR) is 116 cm³/mol. The molecule has 4 nitrogen and oxygen atoms in total. The molecule has 0 aliphatic carbocycles. The van der Waals surface area contributed by atoms with E-state index in [4.69, 9.17) is 10.5 Å². The molecule has 2 heterocycles. The van der Waals surface area contributed by atoms with Gasteiger partial charge in [-0.1, -0.05) is 26.0 Å². The van der Waals surface area contributed by atoms with Gasteiger partial charge < -0.3 is 10.5 Å². The van der Waals surface area contributed by atoms with Gasteiger partial charge in [0.25, 0.3) is 0 Å². The smallest absolute Gasteiger partial charge is 0.167 e. The van der Waals surface area contributed by atoms with Gasteiger partial charge in [0.15, 0.2) is 11.6 Å². The Bertz CT molecular complexity index is 1010. The van der Waals surface area contributed by atoms with Gasteiger partial charge >= 0.3 is 0 Å². The van der Waals surface area contributed by atoms with Crippen LogP contribution in [0.25, 0.3) is 16.3 Å². The van der Waals surface area contributed by atoms with Crippen LogP contribution < -0.4 is 10.5 Å². The monoisotopic (exact) mass is 395 g/mol. The lowest BCUT2D eigenvalue weighted by molar-refractivity contribution is 0.469. The van der Waals surface area contributed by atoms with Crippen LogP contribution in [0.3, 0.4) is 0 Å². The molecule has 0 bridgehead atoms. The lowest BCUT2D eigenvalue weighted by Gasteiger charge is -2.09. The van der Waals surface area contributed by atoms with Crippen LogP contribution >= 0.6 is 11.3 Å². The summed E-state index contributed by atoms with van der Waals surface area (Å²) >= 11 is 1.46. The first-order chi connectivity index (χ1) is 13.5. The maximum Gasteiger partial charge on any atom is 0.167 e. The molecule has 6 heteroatoms. The molecule has 3 aromatic rings. The fourth-order valence-corrected chi connectivity index (χ4v) is 3.72. The molecule has 0 spiro atoms. The molecule has 0 aliphatic rings. The fourth-order valence-electron chi connectivity index (χ4n) is 2.73. The van der Waals surface area contributed by atoms with Crippen LogP contribution in [0.4, 0.5) is 15.8 Å². The first kappa shape index (κ1) is 19.8. The molecule has 0 aliphatic heterocycles. The number of thiophene rings is 1. The molecule has 0 atom stereocenters. The number of hydrogen-bond acceptors (Lipinski definition) is 5. The molecule has 0 saturated carbocycles. The second-order valence-electron chi connectivity index (χ2n) is 6.23. The molecular weight excluding hydrogens is 373 g/mol. The topological polar surface area (TPSA) is 60.5 Å². The van der Waals surface area contributed by atoms with Crippen molar-refractivity contribution in [2.24, 2.45) is 4.99 Å². The van der Waals surface area contributed by atoms with Gasteiger partial charge in [-0.25, -0.2) is 4.39 Å². The average Bonchev–Trinajstić information content (AvgIpc) is 3.09. The van der Waals surface area contributed by atoms with Crippen molar-refractivity contribution in [3.63, 3.8) is 0 Å². The number of aromatic nitrogens is 1. The maximum absolute atomic E-state index is 14.1. The van der Waals surface area contributed by atoms with Crippen molar-refractivity contribution in [1.82, 2.24) is 4.98 Å². The standard InChI is InChI=1S/C22H22FN3OS/c1-4-6-15-7-9-18(26-13-15)21-12-19(25-5-2)22(28-21)14(3)27-20-10-8-16(24)11-17(20)23/h5,7-13H,3-4,6,24H2,1-2H3. The number of aryl methyl sites for hydroxylation is 1. The van der Waals surface area contributed by atoms with Crippen LogP contribution in [0, 0.1) is 5.82 Å². The third-order valence-electron chi connectivity index (χ3n) is 4.04. The Morgan fingerprint density at radius 2 is 2.14 bits per heavy atom. The SMILES string of the molecule is C=C(Oc1ccc(N)cc1F)c1sc(-c2ccc(CCC)cn2)cc1N=CC. The highest BCUT2D eigenvalue weighted by molar-refractivity contribution is 7.17. The molecule has 28 heavy (non-hydrogen) atoms. The Hall–Kier alpha value is -2.99. The molecule has 0 saturated heterocycles. The molecular formula is C22H22FN3OS. The molecule has 2 N–H and O–H groups in total. The van der Waals surface area contributed by atoms with Crippen LogP contribution in [-0.2, 0) is 6.42 Å². The molecule has 0 unspecified atom stereocenters. The number of aliphatic imine (C=N–C) groups is 1. The van der Waals surface area contributed by atoms with Gasteiger partial charge in [-0.05, 0) is 43.2 Å². The Morgan fingerprint density at radius 3 is 2.79 bits per heavy atom. The number of benzene rings is 1. The molecule has 0 fully saturated rings. The zero-order valence-corrected chi connectivity index (χ0v) is 16.7. The number of rotatable bonds is 7. The van der Waals surface area contributed by atoms with Crippen LogP contribution in [0.15, 0.2) is 54.2 Å². The van der Waals surface area contributed by atoms with E-state index in [1.165, 1.54) is 29.0 Å². The molecule has 144 valence electrons. The van der Waals surface area contributed by atoms with Gasteiger partial charge in [0.2, 0.25) is 0 Å². The van der Waals surface area contributed by atoms with Crippen LogP contribution in [-0.4, -0.2) is 11.2 Å². The van der Waals surface area contributed by atoms with E-state index < -0.39 is 5.82 Å². The largest absolute Gasteiger partial charge is 0.453 e. The molecule has 0 amide bonds. The minimum atomic E-state index is -0.536. The van der Waals surface area contributed by atoms with Crippen LogP contribution in [0.1, 0.15) is 30.7 Å². The number of nitrogens with zero attached hydrogens (tertiary/aromatic N) is 2. The number of nitrogens with two attached hydrogens (primary N) is 1. The van der Waals surface area contributed by atoms with Crippen LogP contribution in [0.5, 0.6) is 5.75 Å². The summed E-state index contributed by atoms with van der Waals surface area (Å²) in [4.78, 5) is 10.6. The highest BCUT2D eigenvalue weighted by Crippen LogP contribution is 2.40. The predicted octanol–water partition coefficient (Wildman–Crippen LogP) is 6.26.